The molecule has 0 saturated carbocycles. The largest absolute Gasteiger partial charge is 0.385 e. The van der Waals surface area contributed by atoms with E-state index in [2.05, 4.69) is 0 Å². The lowest BCUT2D eigenvalue weighted by Gasteiger charge is -2.30. The number of fused-ring (bicyclic) bond motifs is 3. The number of carbonyl (C=O) groups excluding carboxylic acids is 1. The molecule has 3 aromatic rings. The zero-order valence-corrected chi connectivity index (χ0v) is 19.5. The summed E-state index contributed by atoms with van der Waals surface area (Å²) in [6.07, 6.45) is 1.37. The van der Waals surface area contributed by atoms with E-state index in [0.717, 1.165) is 15.6 Å². The van der Waals surface area contributed by atoms with E-state index in [1.54, 1.807) is 11.7 Å². The van der Waals surface area contributed by atoms with E-state index in [1.165, 1.54) is 23.1 Å². The molecule has 7 nitrogen and oxygen atoms in total. The van der Waals surface area contributed by atoms with Gasteiger partial charge in [0.15, 0.2) is 5.16 Å². The Morgan fingerprint density at radius 3 is 2.84 bits per heavy atom. The lowest BCUT2D eigenvalue weighted by atomic mass is 10.2. The average Bonchev–Trinajstić information content (AvgIpc) is 3.18. The summed E-state index contributed by atoms with van der Waals surface area (Å²) in [5.74, 6) is 0.0868. The number of nitrogens with zero attached hydrogens (tertiary/aromatic N) is 3. The van der Waals surface area contributed by atoms with E-state index in [1.807, 2.05) is 36.1 Å². The minimum Gasteiger partial charge on any atom is -0.385 e. The molecular weight excluding hydrogens is 434 g/mol. The van der Waals surface area contributed by atoms with Gasteiger partial charge in [-0.2, -0.15) is 0 Å². The maximum Gasteiger partial charge on any atom is 0.272 e. The van der Waals surface area contributed by atoms with Crippen molar-refractivity contribution in [3.8, 4) is 0 Å². The summed E-state index contributed by atoms with van der Waals surface area (Å²) in [5.41, 5.74) is 0.684. The summed E-state index contributed by atoms with van der Waals surface area (Å²) in [6, 6.07) is 7.95. The molecule has 1 fully saturated rings. The molecule has 3 heterocycles. The zero-order valence-electron chi connectivity index (χ0n) is 17.8. The van der Waals surface area contributed by atoms with Crippen molar-refractivity contribution in [3.63, 3.8) is 0 Å². The maximum atomic E-state index is 13.4. The molecule has 2 aromatic heterocycles. The molecule has 0 spiro atoms. The van der Waals surface area contributed by atoms with Gasteiger partial charge >= 0.3 is 0 Å². The minimum absolute atomic E-state index is 0.0431. The predicted octanol–water partition coefficient (Wildman–Crippen LogP) is 3.38. The highest BCUT2D eigenvalue weighted by molar-refractivity contribution is 8.00. The number of amides is 1. The number of morpholine rings is 1. The highest BCUT2D eigenvalue weighted by Gasteiger charge is 2.28. The van der Waals surface area contributed by atoms with Gasteiger partial charge in [-0.25, -0.2) is 4.98 Å². The summed E-state index contributed by atoms with van der Waals surface area (Å²) in [4.78, 5) is 33.3. The zero-order chi connectivity index (χ0) is 21.8. The van der Waals surface area contributed by atoms with E-state index in [9.17, 15) is 9.59 Å². The van der Waals surface area contributed by atoms with E-state index < -0.39 is 0 Å². The first-order valence-electron chi connectivity index (χ1n) is 10.6. The molecule has 31 heavy (non-hydrogen) atoms. The molecule has 0 unspecified atom stereocenters. The van der Waals surface area contributed by atoms with Gasteiger partial charge in [0.05, 0.1) is 24.0 Å². The van der Waals surface area contributed by atoms with Gasteiger partial charge in [-0.3, -0.25) is 14.2 Å². The van der Waals surface area contributed by atoms with Gasteiger partial charge in [-0.15, -0.1) is 11.3 Å². The van der Waals surface area contributed by atoms with Crippen molar-refractivity contribution in [1.82, 2.24) is 14.5 Å². The number of rotatable bonds is 8. The average molecular weight is 462 g/mol. The Labute approximate surface area is 189 Å². The van der Waals surface area contributed by atoms with Gasteiger partial charge in [-0.1, -0.05) is 36.9 Å². The molecule has 9 heteroatoms. The second kappa shape index (κ2) is 10.1. The smallest absolute Gasteiger partial charge is 0.272 e. The molecule has 0 radical (unpaired) electrons. The molecule has 1 aromatic carbocycles. The second-order valence-corrected chi connectivity index (χ2v) is 9.65. The Balaban J connectivity index is 1.74. The first-order valence-corrected chi connectivity index (χ1v) is 12.3. The van der Waals surface area contributed by atoms with Crippen molar-refractivity contribution in [2.45, 2.75) is 36.7 Å². The number of thioether (sulfide) groups is 1. The van der Waals surface area contributed by atoms with Crippen LogP contribution in [0.1, 0.15) is 19.8 Å². The molecule has 0 aliphatic carbocycles. The quantitative estimate of drug-likeness (QED) is 0.291. The first kappa shape index (κ1) is 22.3. The third kappa shape index (κ3) is 4.64. The van der Waals surface area contributed by atoms with Crippen molar-refractivity contribution in [3.05, 3.63) is 34.6 Å². The van der Waals surface area contributed by atoms with Gasteiger partial charge in [0.1, 0.15) is 4.70 Å². The van der Waals surface area contributed by atoms with Crippen LogP contribution < -0.4 is 5.56 Å². The molecule has 1 aliphatic heterocycles. The van der Waals surface area contributed by atoms with Gasteiger partial charge in [0.2, 0.25) is 5.91 Å². The molecular formula is C22H27N3O4S2. The number of hydrogen-bond donors (Lipinski definition) is 0. The number of carbonyl (C=O) groups is 1. The third-order valence-electron chi connectivity index (χ3n) is 5.39. The minimum atomic E-state index is -0.291. The van der Waals surface area contributed by atoms with Crippen LogP contribution >= 0.6 is 23.1 Å². The number of aromatic nitrogens is 2. The molecule has 1 atom stereocenters. The summed E-state index contributed by atoms with van der Waals surface area (Å²) in [6.45, 7) is 5.43. The maximum absolute atomic E-state index is 13.4. The monoisotopic (exact) mass is 461 g/mol. The fourth-order valence-corrected chi connectivity index (χ4v) is 5.94. The van der Waals surface area contributed by atoms with Crippen molar-refractivity contribution in [2.24, 2.45) is 0 Å². The second-order valence-electron chi connectivity index (χ2n) is 7.43. The van der Waals surface area contributed by atoms with Crippen LogP contribution in [0.2, 0.25) is 0 Å². The predicted molar refractivity (Wildman–Crippen MR) is 125 cm³/mol. The van der Waals surface area contributed by atoms with Gasteiger partial charge in [0, 0.05) is 43.4 Å². The van der Waals surface area contributed by atoms with Crippen molar-refractivity contribution >= 4 is 49.3 Å². The van der Waals surface area contributed by atoms with Crippen LogP contribution in [0.4, 0.5) is 0 Å². The Bertz CT molecular complexity index is 1120. The third-order valence-corrected chi connectivity index (χ3v) is 7.88. The number of hydrogen-bond acceptors (Lipinski definition) is 7. The summed E-state index contributed by atoms with van der Waals surface area (Å²) < 4.78 is 14.0. The molecule has 0 bridgehead atoms. The number of thiophene rings is 1. The standard InChI is InChI=1S/C22H27N3O4S2/c1-3-16(20(26)24-10-13-29-14-11-24)31-22-23-18-15-7-4-5-8-17(15)30-19(18)21(27)25(22)9-6-12-28-2/h4-5,7-8,16H,3,6,9-14H2,1-2H3/t16-/m1/s1. The van der Waals surface area contributed by atoms with E-state index in [0.29, 0.717) is 62.2 Å². The summed E-state index contributed by atoms with van der Waals surface area (Å²) in [7, 11) is 1.65. The Hall–Kier alpha value is -1.94. The molecule has 1 amide bonds. The van der Waals surface area contributed by atoms with Crippen LogP contribution in [-0.4, -0.2) is 65.6 Å². The van der Waals surface area contributed by atoms with Gasteiger partial charge < -0.3 is 14.4 Å². The van der Waals surface area contributed by atoms with Crippen LogP contribution in [0.25, 0.3) is 20.3 Å². The van der Waals surface area contributed by atoms with Crippen molar-refractivity contribution < 1.29 is 14.3 Å². The fourth-order valence-electron chi connectivity index (χ4n) is 3.73. The lowest BCUT2D eigenvalue weighted by molar-refractivity contribution is -0.134. The number of methoxy groups -OCH3 is 1. The highest BCUT2D eigenvalue weighted by Crippen LogP contribution is 2.33. The van der Waals surface area contributed by atoms with Gasteiger partial charge in [0.25, 0.3) is 5.56 Å². The van der Waals surface area contributed by atoms with Crippen LogP contribution in [0.15, 0.2) is 34.2 Å². The molecule has 1 aliphatic rings. The highest BCUT2D eigenvalue weighted by atomic mass is 32.2. The number of benzene rings is 1. The molecule has 4 rings (SSSR count). The van der Waals surface area contributed by atoms with Crippen LogP contribution in [0.5, 0.6) is 0 Å². The topological polar surface area (TPSA) is 73.7 Å². The Kier molecular flexibility index (Phi) is 7.27. The van der Waals surface area contributed by atoms with E-state index in [-0.39, 0.29) is 16.7 Å². The first-order chi connectivity index (χ1) is 15.1. The van der Waals surface area contributed by atoms with Crippen LogP contribution in [0.3, 0.4) is 0 Å². The Morgan fingerprint density at radius 2 is 2.10 bits per heavy atom. The fraction of sp³-hybridized carbons (Fsp3) is 0.500. The summed E-state index contributed by atoms with van der Waals surface area (Å²) >= 11 is 2.88. The molecule has 0 N–H and O–H groups in total. The van der Waals surface area contributed by atoms with E-state index >= 15 is 0 Å². The lowest BCUT2D eigenvalue weighted by Crippen LogP contribution is -2.44. The van der Waals surface area contributed by atoms with Crippen LogP contribution in [0, 0.1) is 0 Å². The van der Waals surface area contributed by atoms with Gasteiger partial charge in [-0.05, 0) is 18.9 Å². The SMILES string of the molecule is CC[C@@H](Sc1nc2c(sc3ccccc32)c(=O)n1CCCOC)C(=O)N1CCOCC1. The van der Waals surface area contributed by atoms with Crippen molar-refractivity contribution in [2.75, 3.05) is 40.0 Å². The molecule has 166 valence electrons. The Morgan fingerprint density at radius 1 is 1.32 bits per heavy atom. The van der Waals surface area contributed by atoms with E-state index in [4.69, 9.17) is 14.5 Å². The van der Waals surface area contributed by atoms with Crippen LogP contribution in [-0.2, 0) is 20.8 Å². The van der Waals surface area contributed by atoms with Crippen molar-refractivity contribution in [1.29, 1.82) is 0 Å². The number of ether oxygens (including phenoxy) is 2. The normalized spacial score (nSPS) is 15.6. The molecule has 1 saturated heterocycles. The summed E-state index contributed by atoms with van der Waals surface area (Å²) in [5, 5.41) is 1.30.